The van der Waals surface area contributed by atoms with Crippen molar-refractivity contribution in [3.05, 3.63) is 98.6 Å². The Morgan fingerprint density at radius 1 is 0.939 bits per heavy atom. The highest BCUT2D eigenvalue weighted by Gasteiger charge is 2.18. The molecule has 0 spiro atoms. The maximum atomic E-state index is 12.8. The summed E-state index contributed by atoms with van der Waals surface area (Å²) in [5.74, 6) is -1.51. The van der Waals surface area contributed by atoms with Crippen molar-refractivity contribution >= 4 is 50.5 Å². The van der Waals surface area contributed by atoms with Crippen LogP contribution < -0.4 is 15.8 Å². The van der Waals surface area contributed by atoms with Crippen LogP contribution in [0.25, 0.3) is 0 Å². The van der Waals surface area contributed by atoms with Gasteiger partial charge in [0.2, 0.25) is 10.0 Å². The zero-order chi connectivity index (χ0) is 24.2. The van der Waals surface area contributed by atoms with Crippen LogP contribution in [0, 0.1) is 10.1 Å². The Morgan fingerprint density at radius 2 is 1.58 bits per heavy atom. The Labute approximate surface area is 193 Å². The molecule has 12 heteroatoms. The predicted molar refractivity (Wildman–Crippen MR) is 124 cm³/mol. The van der Waals surface area contributed by atoms with Gasteiger partial charge in [0.15, 0.2) is 0 Å². The summed E-state index contributed by atoms with van der Waals surface area (Å²) in [5, 5.41) is 21.0. The van der Waals surface area contributed by atoms with Crippen molar-refractivity contribution in [2.24, 2.45) is 5.14 Å². The number of amides is 2. The molecular formula is C21H17ClN4O6S. The minimum Gasteiger partial charge on any atom is -0.322 e. The lowest BCUT2D eigenvalue weighted by Crippen LogP contribution is -2.18. The zero-order valence-electron chi connectivity index (χ0n) is 16.8. The van der Waals surface area contributed by atoms with E-state index in [1.54, 1.807) is 12.1 Å². The molecule has 33 heavy (non-hydrogen) atoms. The number of rotatable bonds is 7. The quantitative estimate of drug-likeness (QED) is 0.340. The van der Waals surface area contributed by atoms with Crippen molar-refractivity contribution in [1.29, 1.82) is 0 Å². The van der Waals surface area contributed by atoms with E-state index in [1.807, 2.05) is 0 Å². The third kappa shape index (κ3) is 6.35. The van der Waals surface area contributed by atoms with E-state index in [2.05, 4.69) is 10.6 Å². The third-order valence-corrected chi connectivity index (χ3v) is 5.46. The van der Waals surface area contributed by atoms with Crippen molar-refractivity contribution in [1.82, 2.24) is 0 Å². The molecule has 0 saturated carbocycles. The van der Waals surface area contributed by atoms with Crippen LogP contribution in [-0.2, 0) is 15.8 Å². The SMILES string of the molecule is NS(=O)(=O)Cc1ccc(NC(=O)c2ccccc2NC(=O)c2ccc([N+](=O)[O-])cc2Cl)cc1. The highest BCUT2D eigenvalue weighted by atomic mass is 35.5. The van der Waals surface area contributed by atoms with Gasteiger partial charge in [-0.15, -0.1) is 0 Å². The molecule has 0 atom stereocenters. The molecule has 0 fully saturated rings. The summed E-state index contributed by atoms with van der Waals surface area (Å²) in [5.41, 5.74) is 0.952. The summed E-state index contributed by atoms with van der Waals surface area (Å²) in [7, 11) is -3.68. The van der Waals surface area contributed by atoms with Crippen LogP contribution in [0.2, 0.25) is 5.02 Å². The Hall–Kier alpha value is -3.80. The first-order chi connectivity index (χ1) is 15.5. The van der Waals surface area contributed by atoms with Gasteiger partial charge in [-0.2, -0.15) is 0 Å². The number of carbonyl (C=O) groups excluding carboxylic acids is 2. The molecule has 0 radical (unpaired) electrons. The highest BCUT2D eigenvalue weighted by Crippen LogP contribution is 2.25. The predicted octanol–water partition coefficient (Wildman–Crippen LogP) is 3.54. The smallest absolute Gasteiger partial charge is 0.270 e. The van der Waals surface area contributed by atoms with E-state index in [-0.39, 0.29) is 33.3 Å². The van der Waals surface area contributed by atoms with Crippen LogP contribution in [0.1, 0.15) is 26.3 Å². The maximum absolute atomic E-state index is 12.8. The van der Waals surface area contributed by atoms with E-state index in [0.717, 1.165) is 12.1 Å². The van der Waals surface area contributed by atoms with Crippen molar-refractivity contribution in [2.75, 3.05) is 10.6 Å². The molecular weight excluding hydrogens is 472 g/mol. The average Bonchev–Trinajstić information content (AvgIpc) is 2.74. The first-order valence-electron chi connectivity index (χ1n) is 9.28. The molecule has 0 saturated heterocycles. The molecule has 0 aromatic heterocycles. The molecule has 2 amide bonds. The molecule has 170 valence electrons. The van der Waals surface area contributed by atoms with Crippen LogP contribution in [0.3, 0.4) is 0 Å². The number of halogens is 1. The Bertz CT molecular complexity index is 1340. The molecule has 0 aliphatic carbocycles. The second kappa shape index (κ2) is 9.77. The fraction of sp³-hybridized carbons (Fsp3) is 0.0476. The van der Waals surface area contributed by atoms with Gasteiger partial charge in [-0.1, -0.05) is 35.9 Å². The van der Waals surface area contributed by atoms with Crippen molar-refractivity contribution in [2.45, 2.75) is 5.75 Å². The largest absolute Gasteiger partial charge is 0.322 e. The number of nitrogens with zero attached hydrogens (tertiary/aromatic N) is 1. The lowest BCUT2D eigenvalue weighted by molar-refractivity contribution is -0.384. The summed E-state index contributed by atoms with van der Waals surface area (Å²) < 4.78 is 22.4. The Balaban J connectivity index is 1.77. The summed E-state index contributed by atoms with van der Waals surface area (Å²) >= 11 is 6.01. The van der Waals surface area contributed by atoms with E-state index in [1.165, 1.54) is 42.5 Å². The fourth-order valence-corrected chi connectivity index (χ4v) is 3.81. The zero-order valence-corrected chi connectivity index (χ0v) is 18.4. The molecule has 10 nitrogen and oxygen atoms in total. The number of benzene rings is 3. The third-order valence-electron chi connectivity index (χ3n) is 4.41. The van der Waals surface area contributed by atoms with E-state index in [9.17, 15) is 28.1 Å². The van der Waals surface area contributed by atoms with Crippen LogP contribution in [0.5, 0.6) is 0 Å². The topological polar surface area (TPSA) is 162 Å². The monoisotopic (exact) mass is 488 g/mol. The molecule has 3 aromatic carbocycles. The number of hydrogen-bond acceptors (Lipinski definition) is 6. The number of hydrogen-bond donors (Lipinski definition) is 3. The van der Waals surface area contributed by atoms with Gasteiger partial charge in [0.05, 0.1) is 32.5 Å². The van der Waals surface area contributed by atoms with Gasteiger partial charge >= 0.3 is 0 Å². The van der Waals surface area contributed by atoms with Gasteiger partial charge < -0.3 is 10.6 Å². The van der Waals surface area contributed by atoms with Crippen LogP contribution >= 0.6 is 11.6 Å². The van der Waals surface area contributed by atoms with Gasteiger partial charge in [-0.25, -0.2) is 13.6 Å². The summed E-state index contributed by atoms with van der Waals surface area (Å²) in [6.45, 7) is 0. The average molecular weight is 489 g/mol. The van der Waals surface area contributed by atoms with E-state index in [4.69, 9.17) is 16.7 Å². The second-order valence-corrected chi connectivity index (χ2v) is 8.90. The lowest BCUT2D eigenvalue weighted by atomic mass is 10.1. The molecule has 0 aliphatic heterocycles. The Kier molecular flexibility index (Phi) is 7.07. The lowest BCUT2D eigenvalue weighted by Gasteiger charge is -2.12. The minimum atomic E-state index is -3.68. The van der Waals surface area contributed by atoms with Gasteiger partial charge in [-0.05, 0) is 35.9 Å². The summed E-state index contributed by atoms with van der Waals surface area (Å²) in [6, 6.07) is 15.8. The molecule has 0 bridgehead atoms. The van der Waals surface area contributed by atoms with Crippen molar-refractivity contribution in [3.8, 4) is 0 Å². The maximum Gasteiger partial charge on any atom is 0.270 e. The second-order valence-electron chi connectivity index (χ2n) is 6.88. The Morgan fingerprint density at radius 3 is 2.18 bits per heavy atom. The number of carbonyl (C=O) groups is 2. The first kappa shape index (κ1) is 23.9. The highest BCUT2D eigenvalue weighted by molar-refractivity contribution is 7.88. The first-order valence-corrected chi connectivity index (χ1v) is 11.4. The van der Waals surface area contributed by atoms with Crippen LogP contribution in [0.15, 0.2) is 66.7 Å². The molecule has 0 aliphatic rings. The van der Waals surface area contributed by atoms with Gasteiger partial charge in [0.25, 0.3) is 17.5 Å². The van der Waals surface area contributed by atoms with Gasteiger partial charge in [-0.3, -0.25) is 19.7 Å². The number of anilines is 2. The molecule has 0 heterocycles. The van der Waals surface area contributed by atoms with E-state index < -0.39 is 26.8 Å². The number of nitro benzene ring substituents is 1. The normalized spacial score (nSPS) is 11.0. The number of primary sulfonamides is 1. The molecule has 0 unspecified atom stereocenters. The standard InChI is InChI=1S/C21H17ClN4O6S/c22-18-11-15(26(29)30)9-10-16(18)20(27)25-19-4-2-1-3-17(19)21(28)24-14-7-5-13(6-8-14)12-33(23,31)32/h1-11H,12H2,(H,24,28)(H,25,27)(H2,23,31,32). The van der Waals surface area contributed by atoms with Gasteiger partial charge in [0.1, 0.15) is 0 Å². The fourth-order valence-electron chi connectivity index (χ4n) is 2.90. The molecule has 3 rings (SSSR count). The number of non-ortho nitro benzene ring substituents is 1. The minimum absolute atomic E-state index is 0.00271. The molecule has 4 N–H and O–H groups in total. The van der Waals surface area contributed by atoms with Crippen molar-refractivity contribution in [3.63, 3.8) is 0 Å². The van der Waals surface area contributed by atoms with E-state index >= 15 is 0 Å². The van der Waals surface area contributed by atoms with E-state index in [0.29, 0.717) is 11.3 Å². The number of nitrogens with two attached hydrogens (primary N) is 1. The summed E-state index contributed by atoms with van der Waals surface area (Å²) in [4.78, 5) is 35.6. The number of sulfonamides is 1. The van der Waals surface area contributed by atoms with Gasteiger partial charge in [0, 0.05) is 17.8 Å². The van der Waals surface area contributed by atoms with Crippen LogP contribution in [-0.4, -0.2) is 25.2 Å². The number of para-hydroxylation sites is 1. The number of nitrogens with one attached hydrogen (secondary N) is 2. The number of nitro groups is 1. The van der Waals surface area contributed by atoms with Crippen molar-refractivity contribution < 1.29 is 22.9 Å². The summed E-state index contributed by atoms with van der Waals surface area (Å²) in [6.07, 6.45) is 0. The molecule has 3 aromatic rings. The van der Waals surface area contributed by atoms with Crippen LogP contribution in [0.4, 0.5) is 17.1 Å².